The molecule has 1 saturated heterocycles. The number of methoxy groups -OCH3 is 1. The molecule has 0 radical (unpaired) electrons. The Morgan fingerprint density at radius 2 is 1.79 bits per heavy atom. The van der Waals surface area contributed by atoms with E-state index in [-0.39, 0.29) is 28.9 Å². The summed E-state index contributed by atoms with van der Waals surface area (Å²) < 4.78 is 32.3. The number of nitrogens with zero attached hydrogens (tertiary/aromatic N) is 2. The van der Waals surface area contributed by atoms with E-state index in [0.717, 1.165) is 11.1 Å². The third-order valence-electron chi connectivity index (χ3n) is 4.80. The molecule has 2 aromatic rings. The summed E-state index contributed by atoms with van der Waals surface area (Å²) in [6, 6.07) is 12.1. The molecule has 8 heteroatoms. The largest absolute Gasteiger partial charge is 0.496 e. The molecule has 1 fully saturated rings. The first-order valence-corrected chi connectivity index (χ1v) is 11.0. The number of benzene rings is 2. The summed E-state index contributed by atoms with van der Waals surface area (Å²) in [6.45, 7) is 3.05. The zero-order valence-corrected chi connectivity index (χ0v) is 17.9. The highest BCUT2D eigenvalue weighted by atomic mass is 35.5. The van der Waals surface area contributed by atoms with Crippen LogP contribution in [-0.4, -0.2) is 56.8 Å². The van der Waals surface area contributed by atoms with Crippen molar-refractivity contribution in [3.63, 3.8) is 0 Å². The third-order valence-corrected chi connectivity index (χ3v) is 7.19. The number of rotatable bonds is 5. The van der Waals surface area contributed by atoms with E-state index < -0.39 is 10.0 Å². The number of carbonyl (C=O) groups is 1. The fourth-order valence-corrected chi connectivity index (χ4v) is 5.11. The van der Waals surface area contributed by atoms with Crippen LogP contribution in [0.25, 0.3) is 6.08 Å². The van der Waals surface area contributed by atoms with Crippen LogP contribution in [0.1, 0.15) is 11.1 Å². The van der Waals surface area contributed by atoms with Crippen LogP contribution in [0, 0.1) is 6.92 Å². The van der Waals surface area contributed by atoms with Crippen LogP contribution < -0.4 is 4.74 Å². The summed E-state index contributed by atoms with van der Waals surface area (Å²) in [5, 5.41) is 0.195. The van der Waals surface area contributed by atoms with Crippen molar-refractivity contribution in [2.45, 2.75) is 11.8 Å². The minimum absolute atomic E-state index is 0.0906. The minimum Gasteiger partial charge on any atom is -0.496 e. The number of hydrogen-bond donors (Lipinski definition) is 0. The van der Waals surface area contributed by atoms with Crippen LogP contribution in [0.2, 0.25) is 5.02 Å². The quantitative estimate of drug-likeness (QED) is 0.678. The maximum atomic E-state index is 12.8. The first kappa shape index (κ1) is 21.4. The fraction of sp³-hybridized carbons (Fsp3) is 0.286. The molecule has 0 spiro atoms. The Labute approximate surface area is 176 Å². The lowest BCUT2D eigenvalue weighted by Crippen LogP contribution is -2.50. The van der Waals surface area contributed by atoms with Crippen molar-refractivity contribution in [1.29, 1.82) is 0 Å². The van der Waals surface area contributed by atoms with Gasteiger partial charge in [-0.2, -0.15) is 4.31 Å². The van der Waals surface area contributed by atoms with Gasteiger partial charge in [0.25, 0.3) is 0 Å². The molecule has 0 N–H and O–H groups in total. The van der Waals surface area contributed by atoms with Crippen LogP contribution in [0.15, 0.2) is 53.4 Å². The first-order chi connectivity index (χ1) is 13.8. The summed E-state index contributed by atoms with van der Waals surface area (Å²) >= 11 is 6.05. The minimum atomic E-state index is -3.68. The van der Waals surface area contributed by atoms with Crippen molar-refractivity contribution in [1.82, 2.24) is 9.21 Å². The molecule has 0 aliphatic carbocycles. The van der Waals surface area contributed by atoms with Gasteiger partial charge in [0.1, 0.15) is 10.6 Å². The summed E-state index contributed by atoms with van der Waals surface area (Å²) in [7, 11) is -2.10. The molecule has 0 unspecified atom stereocenters. The predicted octanol–water partition coefficient (Wildman–Crippen LogP) is 3.20. The fourth-order valence-electron chi connectivity index (χ4n) is 3.19. The molecule has 2 aromatic carbocycles. The van der Waals surface area contributed by atoms with E-state index in [1.54, 1.807) is 36.3 Å². The van der Waals surface area contributed by atoms with Crippen molar-refractivity contribution < 1.29 is 17.9 Å². The highest BCUT2D eigenvalue weighted by Gasteiger charge is 2.30. The molecule has 1 amide bonds. The second-order valence-corrected chi connectivity index (χ2v) is 9.05. The third kappa shape index (κ3) is 4.80. The van der Waals surface area contributed by atoms with E-state index in [0.29, 0.717) is 18.8 Å². The van der Waals surface area contributed by atoms with Crippen LogP contribution in [0.3, 0.4) is 0 Å². The lowest BCUT2D eigenvalue weighted by Gasteiger charge is -2.33. The molecule has 3 rings (SSSR count). The Morgan fingerprint density at radius 3 is 2.45 bits per heavy atom. The smallest absolute Gasteiger partial charge is 0.246 e. The number of ether oxygens (including phenoxy) is 1. The van der Waals surface area contributed by atoms with Crippen LogP contribution >= 0.6 is 11.6 Å². The van der Waals surface area contributed by atoms with Crippen molar-refractivity contribution in [3.8, 4) is 5.75 Å². The Bertz CT molecular complexity index is 1030. The molecule has 0 atom stereocenters. The first-order valence-electron chi connectivity index (χ1n) is 9.19. The summed E-state index contributed by atoms with van der Waals surface area (Å²) in [4.78, 5) is 14.3. The van der Waals surface area contributed by atoms with Gasteiger partial charge in [-0.3, -0.25) is 4.79 Å². The standard InChI is InChI=1S/C21H23ClN2O4S/c1-16-7-9-19(28-2)17(15-16)8-10-21(25)23-11-13-24(14-12-23)29(26,27)20-6-4-3-5-18(20)22/h3-10,15H,11-14H2,1-2H3/b10-8+. The average molecular weight is 435 g/mol. The molecule has 6 nitrogen and oxygen atoms in total. The number of piperazine rings is 1. The lowest BCUT2D eigenvalue weighted by molar-refractivity contribution is -0.127. The van der Waals surface area contributed by atoms with E-state index >= 15 is 0 Å². The van der Waals surface area contributed by atoms with Gasteiger partial charge in [0.05, 0.1) is 12.1 Å². The van der Waals surface area contributed by atoms with E-state index in [9.17, 15) is 13.2 Å². The highest BCUT2D eigenvalue weighted by Crippen LogP contribution is 2.25. The number of hydrogen-bond acceptors (Lipinski definition) is 4. The second-order valence-electron chi connectivity index (χ2n) is 6.74. The average Bonchev–Trinajstić information content (AvgIpc) is 2.72. The van der Waals surface area contributed by atoms with Gasteiger partial charge in [0, 0.05) is 37.8 Å². The molecule has 1 heterocycles. The number of amides is 1. The zero-order chi connectivity index (χ0) is 21.0. The molecule has 154 valence electrons. The van der Waals surface area contributed by atoms with Gasteiger partial charge in [-0.1, -0.05) is 35.4 Å². The molecule has 29 heavy (non-hydrogen) atoms. The van der Waals surface area contributed by atoms with Gasteiger partial charge < -0.3 is 9.64 Å². The Balaban J connectivity index is 1.66. The van der Waals surface area contributed by atoms with E-state index in [2.05, 4.69) is 0 Å². The van der Waals surface area contributed by atoms with Crippen molar-refractivity contribution in [3.05, 3.63) is 64.7 Å². The number of carbonyl (C=O) groups excluding carboxylic acids is 1. The summed E-state index contributed by atoms with van der Waals surface area (Å²) in [5.41, 5.74) is 1.89. The normalized spacial score (nSPS) is 15.6. The van der Waals surface area contributed by atoms with E-state index in [4.69, 9.17) is 16.3 Å². The molecule has 0 saturated carbocycles. The lowest BCUT2D eigenvalue weighted by atomic mass is 10.1. The van der Waals surface area contributed by atoms with Crippen molar-refractivity contribution in [2.75, 3.05) is 33.3 Å². The number of aryl methyl sites for hydroxylation is 1. The van der Waals surface area contributed by atoms with Gasteiger partial charge in [-0.05, 0) is 37.3 Å². The second kappa shape index (κ2) is 8.98. The van der Waals surface area contributed by atoms with Crippen LogP contribution in [0.5, 0.6) is 5.75 Å². The van der Waals surface area contributed by atoms with Gasteiger partial charge in [-0.15, -0.1) is 0 Å². The number of sulfonamides is 1. The molecular formula is C21H23ClN2O4S. The highest BCUT2D eigenvalue weighted by molar-refractivity contribution is 7.89. The summed E-state index contributed by atoms with van der Waals surface area (Å²) in [5.74, 6) is 0.527. The molecule has 0 bridgehead atoms. The van der Waals surface area contributed by atoms with Gasteiger partial charge in [-0.25, -0.2) is 8.42 Å². The van der Waals surface area contributed by atoms with E-state index in [1.165, 1.54) is 16.4 Å². The maximum Gasteiger partial charge on any atom is 0.246 e. The van der Waals surface area contributed by atoms with Crippen molar-refractivity contribution in [2.24, 2.45) is 0 Å². The van der Waals surface area contributed by atoms with Gasteiger partial charge in [0.2, 0.25) is 15.9 Å². The van der Waals surface area contributed by atoms with Gasteiger partial charge in [0.15, 0.2) is 0 Å². The molecule has 1 aliphatic rings. The Kier molecular flexibility index (Phi) is 6.62. The maximum absolute atomic E-state index is 12.8. The predicted molar refractivity (Wildman–Crippen MR) is 114 cm³/mol. The summed E-state index contributed by atoms with van der Waals surface area (Å²) in [6.07, 6.45) is 3.22. The molecular weight excluding hydrogens is 412 g/mol. The number of halogens is 1. The Hall–Kier alpha value is -2.35. The Morgan fingerprint density at radius 1 is 1.10 bits per heavy atom. The topological polar surface area (TPSA) is 66.9 Å². The van der Waals surface area contributed by atoms with Crippen LogP contribution in [-0.2, 0) is 14.8 Å². The van der Waals surface area contributed by atoms with Gasteiger partial charge >= 0.3 is 0 Å². The SMILES string of the molecule is COc1ccc(C)cc1/C=C/C(=O)N1CCN(S(=O)(=O)c2ccccc2Cl)CC1. The molecule has 0 aromatic heterocycles. The van der Waals surface area contributed by atoms with Crippen molar-refractivity contribution >= 4 is 33.6 Å². The zero-order valence-electron chi connectivity index (χ0n) is 16.3. The van der Waals surface area contributed by atoms with Crippen LogP contribution in [0.4, 0.5) is 0 Å². The monoisotopic (exact) mass is 434 g/mol. The van der Waals surface area contributed by atoms with E-state index in [1.807, 2.05) is 25.1 Å². The molecule has 1 aliphatic heterocycles.